The number of aromatic nitrogens is 3. The molecule has 0 aliphatic carbocycles. The Morgan fingerprint density at radius 1 is 1.22 bits per heavy atom. The molecule has 0 radical (unpaired) electrons. The van der Waals surface area contributed by atoms with Crippen molar-refractivity contribution in [1.82, 2.24) is 19.4 Å². The number of pyridine rings is 1. The average Bonchev–Trinajstić information content (AvgIpc) is 3.22. The minimum Gasteiger partial charge on any atom is -0.353 e. The van der Waals surface area contributed by atoms with Crippen molar-refractivity contribution in [3.05, 3.63) is 41.9 Å². The summed E-state index contributed by atoms with van der Waals surface area (Å²) in [5, 5.41) is 3.29. The molecule has 1 saturated heterocycles. The Morgan fingerprint density at radius 2 is 2.04 bits per heavy atom. The third-order valence-electron chi connectivity index (χ3n) is 4.26. The van der Waals surface area contributed by atoms with E-state index in [-0.39, 0.29) is 5.91 Å². The molecule has 3 aromatic heterocycles. The van der Waals surface area contributed by atoms with E-state index in [1.54, 1.807) is 28.4 Å². The lowest BCUT2D eigenvalue weighted by Crippen LogP contribution is -2.49. The van der Waals surface area contributed by atoms with E-state index in [0.717, 1.165) is 18.9 Å². The summed E-state index contributed by atoms with van der Waals surface area (Å²) in [6.07, 6.45) is 5.15. The van der Waals surface area contributed by atoms with E-state index >= 15 is 0 Å². The van der Waals surface area contributed by atoms with Gasteiger partial charge in [0.1, 0.15) is 11.5 Å². The van der Waals surface area contributed by atoms with Crippen molar-refractivity contribution in [1.29, 1.82) is 0 Å². The van der Waals surface area contributed by atoms with E-state index in [1.165, 1.54) is 10.1 Å². The summed E-state index contributed by atoms with van der Waals surface area (Å²) in [6.45, 7) is 3.00. The number of nitrogens with zero attached hydrogens (tertiary/aromatic N) is 5. The Bertz CT molecular complexity index is 847. The van der Waals surface area contributed by atoms with Crippen molar-refractivity contribution in [3.63, 3.8) is 0 Å². The maximum Gasteiger partial charge on any atom is 0.272 e. The number of imidazole rings is 1. The molecule has 0 bridgehead atoms. The maximum absolute atomic E-state index is 12.5. The van der Waals surface area contributed by atoms with E-state index in [1.807, 2.05) is 24.2 Å². The smallest absolute Gasteiger partial charge is 0.272 e. The molecule has 1 aliphatic heterocycles. The number of carbonyl (C=O) groups excluding carboxylic acids is 1. The van der Waals surface area contributed by atoms with Crippen LogP contribution in [0.5, 0.6) is 0 Å². The Morgan fingerprint density at radius 3 is 2.78 bits per heavy atom. The van der Waals surface area contributed by atoms with E-state index in [2.05, 4.69) is 26.3 Å². The molecule has 1 amide bonds. The van der Waals surface area contributed by atoms with E-state index < -0.39 is 0 Å². The van der Waals surface area contributed by atoms with Gasteiger partial charge < -0.3 is 14.4 Å². The van der Waals surface area contributed by atoms with Gasteiger partial charge in [-0.05, 0) is 17.5 Å². The molecule has 0 aromatic carbocycles. The molecule has 0 saturated carbocycles. The molecule has 4 rings (SSSR count). The molecule has 6 nitrogen and oxygen atoms in total. The maximum atomic E-state index is 12.5. The molecule has 7 heteroatoms. The van der Waals surface area contributed by atoms with Gasteiger partial charge in [0.15, 0.2) is 0 Å². The van der Waals surface area contributed by atoms with Crippen LogP contribution in [0.2, 0.25) is 0 Å². The summed E-state index contributed by atoms with van der Waals surface area (Å²) in [5.74, 6) is 1.07. The van der Waals surface area contributed by atoms with E-state index in [0.29, 0.717) is 18.8 Å². The van der Waals surface area contributed by atoms with Crippen molar-refractivity contribution >= 4 is 33.1 Å². The SMILES string of the molecule is Cn1cncc1C(=O)N1CCN(c2nccc3sccc23)CC1. The zero-order valence-corrected chi connectivity index (χ0v) is 13.7. The van der Waals surface area contributed by atoms with Gasteiger partial charge in [-0.2, -0.15) is 0 Å². The van der Waals surface area contributed by atoms with Crippen LogP contribution in [0.15, 0.2) is 36.2 Å². The average molecular weight is 327 g/mol. The van der Waals surface area contributed by atoms with Crippen molar-refractivity contribution < 1.29 is 4.79 Å². The number of hydrogen-bond acceptors (Lipinski definition) is 5. The van der Waals surface area contributed by atoms with Crippen LogP contribution in [-0.4, -0.2) is 51.5 Å². The molecule has 1 aliphatic rings. The molecule has 3 aromatic rings. The van der Waals surface area contributed by atoms with E-state index in [4.69, 9.17) is 0 Å². The van der Waals surface area contributed by atoms with Crippen LogP contribution in [0.4, 0.5) is 5.82 Å². The highest BCUT2D eigenvalue weighted by Gasteiger charge is 2.25. The molecule has 23 heavy (non-hydrogen) atoms. The number of anilines is 1. The predicted octanol–water partition coefficient (Wildman–Crippen LogP) is 1.99. The number of carbonyl (C=O) groups is 1. The Hall–Kier alpha value is -2.41. The number of piperazine rings is 1. The highest BCUT2D eigenvalue weighted by Crippen LogP contribution is 2.29. The topological polar surface area (TPSA) is 54.3 Å². The number of amides is 1. The van der Waals surface area contributed by atoms with Crippen molar-refractivity contribution in [2.45, 2.75) is 0 Å². The first-order valence-electron chi connectivity index (χ1n) is 7.57. The number of hydrogen-bond donors (Lipinski definition) is 0. The second-order valence-electron chi connectivity index (χ2n) is 5.64. The normalized spacial score (nSPS) is 15.3. The molecule has 1 fully saturated rings. The first kappa shape index (κ1) is 14.2. The Balaban J connectivity index is 1.50. The quantitative estimate of drug-likeness (QED) is 0.722. The van der Waals surface area contributed by atoms with Gasteiger partial charge >= 0.3 is 0 Å². The summed E-state index contributed by atoms with van der Waals surface area (Å²) < 4.78 is 3.02. The van der Waals surface area contributed by atoms with Crippen LogP contribution < -0.4 is 4.90 Å². The first-order chi connectivity index (χ1) is 11.2. The Labute approximate surface area is 138 Å². The molecule has 4 heterocycles. The monoisotopic (exact) mass is 327 g/mol. The summed E-state index contributed by atoms with van der Waals surface area (Å²) >= 11 is 1.73. The van der Waals surface area contributed by atoms with E-state index in [9.17, 15) is 4.79 Å². The number of rotatable bonds is 2. The number of thiophene rings is 1. The van der Waals surface area contributed by atoms with Gasteiger partial charge in [0.2, 0.25) is 0 Å². The molecule has 0 N–H and O–H groups in total. The van der Waals surface area contributed by atoms with Crippen LogP contribution in [0.3, 0.4) is 0 Å². The van der Waals surface area contributed by atoms with Crippen LogP contribution in [0, 0.1) is 0 Å². The van der Waals surface area contributed by atoms with Crippen molar-refractivity contribution in [2.24, 2.45) is 7.05 Å². The molecule has 0 unspecified atom stereocenters. The number of aryl methyl sites for hydroxylation is 1. The van der Waals surface area contributed by atoms with Gasteiger partial charge in [-0.1, -0.05) is 0 Å². The fourth-order valence-electron chi connectivity index (χ4n) is 2.98. The predicted molar refractivity (Wildman–Crippen MR) is 90.9 cm³/mol. The molecule has 0 spiro atoms. The fraction of sp³-hybridized carbons (Fsp3) is 0.312. The standard InChI is InChI=1S/C16H17N5OS/c1-19-11-17-10-13(19)16(22)21-7-5-20(6-8-21)15-12-3-9-23-14(12)2-4-18-15/h2-4,9-11H,5-8H2,1H3. The van der Waals surface area contributed by atoms with Gasteiger partial charge in [-0.15, -0.1) is 11.3 Å². The fourth-order valence-corrected chi connectivity index (χ4v) is 3.75. The third kappa shape index (κ3) is 2.46. The minimum atomic E-state index is 0.0475. The van der Waals surface area contributed by atoms with Gasteiger partial charge in [-0.3, -0.25) is 4.79 Å². The zero-order valence-electron chi connectivity index (χ0n) is 12.8. The summed E-state index contributed by atoms with van der Waals surface area (Å²) in [4.78, 5) is 25.3. The Kier molecular flexibility index (Phi) is 3.49. The summed E-state index contributed by atoms with van der Waals surface area (Å²) in [6, 6.07) is 4.17. The molecule has 0 atom stereocenters. The van der Waals surface area contributed by atoms with Crippen molar-refractivity contribution in [3.8, 4) is 0 Å². The molecular weight excluding hydrogens is 310 g/mol. The second-order valence-corrected chi connectivity index (χ2v) is 6.58. The molecular formula is C16H17N5OS. The van der Waals surface area contributed by atoms with Crippen molar-refractivity contribution in [2.75, 3.05) is 31.1 Å². The highest BCUT2D eigenvalue weighted by molar-refractivity contribution is 7.17. The summed E-state index contributed by atoms with van der Waals surface area (Å²) in [5.41, 5.74) is 0.636. The highest BCUT2D eigenvalue weighted by atomic mass is 32.1. The van der Waals surface area contributed by atoms with Crippen LogP contribution >= 0.6 is 11.3 Å². The minimum absolute atomic E-state index is 0.0475. The second kappa shape index (κ2) is 5.66. The van der Waals surface area contributed by atoms with Gasteiger partial charge in [-0.25, -0.2) is 9.97 Å². The zero-order chi connectivity index (χ0) is 15.8. The lowest BCUT2D eigenvalue weighted by Gasteiger charge is -2.35. The lowest BCUT2D eigenvalue weighted by atomic mass is 10.2. The summed E-state index contributed by atoms with van der Waals surface area (Å²) in [7, 11) is 1.84. The van der Waals surface area contributed by atoms with Crippen LogP contribution in [0.25, 0.3) is 10.1 Å². The van der Waals surface area contributed by atoms with Crippen LogP contribution in [0.1, 0.15) is 10.5 Å². The third-order valence-corrected chi connectivity index (χ3v) is 5.14. The number of fused-ring (bicyclic) bond motifs is 1. The van der Waals surface area contributed by atoms with Gasteiger partial charge in [0, 0.05) is 49.5 Å². The lowest BCUT2D eigenvalue weighted by molar-refractivity contribution is 0.0737. The first-order valence-corrected chi connectivity index (χ1v) is 8.45. The van der Waals surface area contributed by atoms with Gasteiger partial charge in [0.25, 0.3) is 5.91 Å². The largest absolute Gasteiger partial charge is 0.353 e. The molecule has 118 valence electrons. The van der Waals surface area contributed by atoms with Gasteiger partial charge in [0.05, 0.1) is 12.5 Å². The van der Waals surface area contributed by atoms with Crippen LogP contribution in [-0.2, 0) is 7.05 Å².